The predicted octanol–water partition coefficient (Wildman–Crippen LogP) is 2.26. The fraction of sp³-hybridized carbons (Fsp3) is 0.500. The largest absolute Gasteiger partial charge is 0.464 e. The topological polar surface area (TPSA) is 41.3 Å². The molecule has 4 nitrogen and oxygen atoms in total. The normalized spacial score (nSPS) is 20.2. The van der Waals surface area contributed by atoms with Gasteiger partial charge in [0.25, 0.3) is 0 Å². The summed E-state index contributed by atoms with van der Waals surface area (Å²) in [7, 11) is 2.11. The van der Waals surface area contributed by atoms with Gasteiger partial charge in [0.2, 0.25) is 0 Å². The molecule has 1 atom stereocenters. The maximum Gasteiger partial charge on any atom is 0.139 e. The Balaban J connectivity index is 1.78. The lowest BCUT2D eigenvalue weighted by atomic mass is 9.99. The molecular formula is C14H19N3O. The summed E-state index contributed by atoms with van der Waals surface area (Å²) in [5.41, 5.74) is 0.911. The van der Waals surface area contributed by atoms with Gasteiger partial charge in [0, 0.05) is 19.8 Å². The van der Waals surface area contributed by atoms with Gasteiger partial charge in [-0.05, 0) is 44.0 Å². The van der Waals surface area contributed by atoms with E-state index in [-0.39, 0.29) is 0 Å². The second kappa shape index (κ2) is 4.98. The fourth-order valence-electron chi connectivity index (χ4n) is 2.74. The highest BCUT2D eigenvalue weighted by molar-refractivity contribution is 5.88. The minimum Gasteiger partial charge on any atom is -0.464 e. The van der Waals surface area contributed by atoms with Crippen LogP contribution < -0.4 is 10.2 Å². The minimum atomic E-state index is 0.715. The number of furan rings is 1. The molecule has 1 unspecified atom stereocenters. The van der Waals surface area contributed by atoms with Gasteiger partial charge in [-0.15, -0.1) is 0 Å². The standard InChI is InChI=1S/C14H19N3O/c1-17(10-11-3-2-6-15-9-11)14-12-5-8-18-13(12)4-7-16-14/h4-5,7-8,11,15H,2-3,6,9-10H2,1H3. The third-order valence-electron chi connectivity index (χ3n) is 3.65. The Labute approximate surface area is 107 Å². The van der Waals surface area contributed by atoms with Gasteiger partial charge in [0.1, 0.15) is 11.4 Å². The van der Waals surface area contributed by atoms with E-state index in [1.165, 1.54) is 12.8 Å². The second-order valence-corrected chi connectivity index (χ2v) is 5.06. The number of rotatable bonds is 3. The number of anilines is 1. The van der Waals surface area contributed by atoms with Crippen LogP contribution in [0.5, 0.6) is 0 Å². The van der Waals surface area contributed by atoms with Crippen LogP contribution in [-0.2, 0) is 0 Å². The average molecular weight is 245 g/mol. The van der Waals surface area contributed by atoms with Crippen LogP contribution in [-0.4, -0.2) is 31.7 Å². The molecule has 96 valence electrons. The molecule has 1 fully saturated rings. The summed E-state index contributed by atoms with van der Waals surface area (Å²) < 4.78 is 5.42. The first kappa shape index (κ1) is 11.5. The van der Waals surface area contributed by atoms with Crippen molar-refractivity contribution in [1.29, 1.82) is 0 Å². The minimum absolute atomic E-state index is 0.715. The molecule has 0 amide bonds. The van der Waals surface area contributed by atoms with Gasteiger partial charge in [0.05, 0.1) is 11.6 Å². The molecule has 2 aromatic heterocycles. The smallest absolute Gasteiger partial charge is 0.139 e. The van der Waals surface area contributed by atoms with E-state index in [0.29, 0.717) is 5.92 Å². The van der Waals surface area contributed by atoms with Crippen LogP contribution in [0.1, 0.15) is 12.8 Å². The number of nitrogens with one attached hydrogen (secondary N) is 1. The van der Waals surface area contributed by atoms with E-state index >= 15 is 0 Å². The quantitative estimate of drug-likeness (QED) is 0.900. The zero-order valence-corrected chi connectivity index (χ0v) is 10.7. The van der Waals surface area contributed by atoms with E-state index in [1.54, 1.807) is 6.26 Å². The summed E-state index contributed by atoms with van der Waals surface area (Å²) >= 11 is 0. The first-order chi connectivity index (χ1) is 8.84. The first-order valence-electron chi connectivity index (χ1n) is 6.58. The third-order valence-corrected chi connectivity index (χ3v) is 3.65. The predicted molar refractivity (Wildman–Crippen MR) is 72.9 cm³/mol. The van der Waals surface area contributed by atoms with Gasteiger partial charge in [-0.25, -0.2) is 4.98 Å². The molecule has 4 heteroatoms. The van der Waals surface area contributed by atoms with Gasteiger partial charge < -0.3 is 14.6 Å². The highest BCUT2D eigenvalue weighted by atomic mass is 16.3. The van der Waals surface area contributed by atoms with Gasteiger partial charge in [-0.2, -0.15) is 0 Å². The van der Waals surface area contributed by atoms with E-state index < -0.39 is 0 Å². The lowest BCUT2D eigenvalue weighted by Gasteiger charge is -2.28. The summed E-state index contributed by atoms with van der Waals surface area (Å²) in [6, 6.07) is 3.90. The molecule has 3 rings (SSSR count). The van der Waals surface area contributed by atoms with Crippen LogP contribution in [0.3, 0.4) is 0 Å². The molecule has 3 heterocycles. The molecule has 0 radical (unpaired) electrons. The third kappa shape index (κ3) is 2.20. The number of nitrogens with zero attached hydrogens (tertiary/aromatic N) is 2. The van der Waals surface area contributed by atoms with Crippen LogP contribution >= 0.6 is 0 Å². The molecule has 0 saturated carbocycles. The van der Waals surface area contributed by atoms with E-state index in [4.69, 9.17) is 4.42 Å². The number of piperidine rings is 1. The van der Waals surface area contributed by atoms with Crippen molar-refractivity contribution in [2.75, 3.05) is 31.6 Å². The highest BCUT2D eigenvalue weighted by Crippen LogP contribution is 2.25. The zero-order chi connectivity index (χ0) is 12.4. The molecule has 0 aromatic carbocycles. The SMILES string of the molecule is CN(CC1CCCNC1)c1nccc2occc12. The Kier molecular flexibility index (Phi) is 3.19. The Morgan fingerprint density at radius 2 is 2.44 bits per heavy atom. The first-order valence-corrected chi connectivity index (χ1v) is 6.58. The maximum atomic E-state index is 5.42. The van der Waals surface area contributed by atoms with Crippen LogP contribution in [0.15, 0.2) is 29.0 Å². The van der Waals surface area contributed by atoms with Crippen molar-refractivity contribution in [1.82, 2.24) is 10.3 Å². The number of hydrogen-bond donors (Lipinski definition) is 1. The van der Waals surface area contributed by atoms with E-state index in [9.17, 15) is 0 Å². The average Bonchev–Trinajstić information content (AvgIpc) is 2.87. The van der Waals surface area contributed by atoms with Crippen LogP contribution in [0, 0.1) is 5.92 Å². The van der Waals surface area contributed by atoms with Crippen molar-refractivity contribution in [3.8, 4) is 0 Å². The fourth-order valence-corrected chi connectivity index (χ4v) is 2.74. The van der Waals surface area contributed by atoms with Crippen molar-refractivity contribution in [3.63, 3.8) is 0 Å². The van der Waals surface area contributed by atoms with Crippen molar-refractivity contribution in [2.24, 2.45) is 5.92 Å². The monoisotopic (exact) mass is 245 g/mol. The van der Waals surface area contributed by atoms with E-state index in [1.807, 2.05) is 18.3 Å². The maximum absolute atomic E-state index is 5.42. The molecule has 0 spiro atoms. The molecule has 0 aliphatic carbocycles. The molecule has 1 N–H and O–H groups in total. The van der Waals surface area contributed by atoms with Crippen LogP contribution in [0.2, 0.25) is 0 Å². The number of pyridine rings is 1. The van der Waals surface area contributed by atoms with Gasteiger partial charge >= 0.3 is 0 Å². The Hall–Kier alpha value is -1.55. The number of fused-ring (bicyclic) bond motifs is 1. The van der Waals surface area contributed by atoms with Crippen molar-refractivity contribution < 1.29 is 4.42 Å². The van der Waals surface area contributed by atoms with Gasteiger partial charge in [-0.1, -0.05) is 0 Å². The second-order valence-electron chi connectivity index (χ2n) is 5.06. The summed E-state index contributed by atoms with van der Waals surface area (Å²) in [6.45, 7) is 3.33. The van der Waals surface area contributed by atoms with Crippen LogP contribution in [0.4, 0.5) is 5.82 Å². The van der Waals surface area contributed by atoms with E-state index in [2.05, 4.69) is 22.2 Å². The highest BCUT2D eigenvalue weighted by Gasteiger charge is 2.17. The van der Waals surface area contributed by atoms with Crippen LogP contribution in [0.25, 0.3) is 11.0 Å². The lowest BCUT2D eigenvalue weighted by Crippen LogP contribution is -2.37. The molecule has 2 aromatic rings. The zero-order valence-electron chi connectivity index (χ0n) is 10.7. The number of aromatic nitrogens is 1. The van der Waals surface area contributed by atoms with Crippen molar-refractivity contribution in [2.45, 2.75) is 12.8 Å². The Bertz CT molecular complexity index is 516. The molecule has 0 bridgehead atoms. The van der Waals surface area contributed by atoms with E-state index in [0.717, 1.165) is 36.4 Å². The summed E-state index contributed by atoms with van der Waals surface area (Å²) in [4.78, 5) is 6.74. The summed E-state index contributed by atoms with van der Waals surface area (Å²) in [5.74, 6) is 1.74. The molecule has 1 aliphatic heterocycles. The molecule has 1 saturated heterocycles. The summed E-state index contributed by atoms with van der Waals surface area (Å²) in [5, 5.41) is 4.56. The number of hydrogen-bond acceptors (Lipinski definition) is 4. The van der Waals surface area contributed by atoms with Crippen molar-refractivity contribution in [3.05, 3.63) is 24.6 Å². The summed E-state index contributed by atoms with van der Waals surface area (Å²) in [6.07, 6.45) is 6.13. The Morgan fingerprint density at radius 1 is 1.50 bits per heavy atom. The molecule has 18 heavy (non-hydrogen) atoms. The van der Waals surface area contributed by atoms with Crippen molar-refractivity contribution >= 4 is 16.8 Å². The molecule has 1 aliphatic rings. The Morgan fingerprint density at radius 3 is 3.28 bits per heavy atom. The molecular weight excluding hydrogens is 226 g/mol. The lowest BCUT2D eigenvalue weighted by molar-refractivity contribution is 0.381. The van der Waals surface area contributed by atoms with Gasteiger partial charge in [0.15, 0.2) is 0 Å². The van der Waals surface area contributed by atoms with Gasteiger partial charge in [-0.3, -0.25) is 0 Å².